The molecule has 1 heterocycles. The van der Waals surface area contributed by atoms with Crippen LogP contribution in [0.1, 0.15) is 15.9 Å². The van der Waals surface area contributed by atoms with Gasteiger partial charge in [0.1, 0.15) is 0 Å². The van der Waals surface area contributed by atoms with Crippen molar-refractivity contribution in [2.24, 2.45) is 0 Å². The van der Waals surface area contributed by atoms with Crippen molar-refractivity contribution in [1.82, 2.24) is 9.97 Å². The highest BCUT2D eigenvalue weighted by Gasteiger charge is 2.16. The topological polar surface area (TPSA) is 124 Å². The van der Waals surface area contributed by atoms with E-state index in [9.17, 15) is 18.0 Å². The number of imidazole rings is 1. The molecule has 0 aliphatic carbocycles. The molecule has 4 aromatic rings. The number of hydrogen-bond acceptors (Lipinski definition) is 4. The fraction of sp³-hybridized carbons (Fsp3) is 0.0476. The summed E-state index contributed by atoms with van der Waals surface area (Å²) in [5.41, 5.74) is 2.58. The Bertz CT molecular complexity index is 1460. The number of amides is 1. The van der Waals surface area contributed by atoms with Gasteiger partial charge in [-0.1, -0.05) is 17.7 Å². The van der Waals surface area contributed by atoms with Crippen LogP contribution in [0.5, 0.6) is 0 Å². The van der Waals surface area contributed by atoms with Crippen molar-refractivity contribution < 1.29 is 13.2 Å². The Labute approximate surface area is 182 Å². The van der Waals surface area contributed by atoms with Gasteiger partial charge in [-0.3, -0.25) is 9.52 Å². The van der Waals surface area contributed by atoms with Crippen LogP contribution in [0, 0.1) is 6.92 Å². The van der Waals surface area contributed by atoms with Gasteiger partial charge in [0.25, 0.3) is 15.9 Å². The third kappa shape index (κ3) is 4.47. The first-order valence-electron chi connectivity index (χ1n) is 9.14. The van der Waals surface area contributed by atoms with E-state index in [4.69, 9.17) is 11.6 Å². The number of aryl methyl sites for hydroxylation is 1. The van der Waals surface area contributed by atoms with E-state index in [2.05, 4.69) is 20.0 Å². The zero-order valence-corrected chi connectivity index (χ0v) is 17.8. The lowest BCUT2D eigenvalue weighted by molar-refractivity contribution is 0.102. The quantitative estimate of drug-likeness (QED) is 0.364. The number of aromatic amines is 2. The molecular formula is C21H17ClN4O4S. The SMILES string of the molecule is Cc1ccc(NC(=O)c2ccc(NS(=O)(=O)c3ccc4[nH]c(=O)[nH]c4c3)cc2)cc1Cl. The average molecular weight is 457 g/mol. The minimum atomic E-state index is -3.89. The van der Waals surface area contributed by atoms with Crippen LogP contribution >= 0.6 is 11.6 Å². The molecule has 4 N–H and O–H groups in total. The second-order valence-corrected chi connectivity index (χ2v) is 8.98. The molecule has 0 aliphatic heterocycles. The molecule has 0 saturated heterocycles. The Morgan fingerprint density at radius 3 is 2.29 bits per heavy atom. The lowest BCUT2D eigenvalue weighted by atomic mass is 10.2. The number of benzene rings is 3. The fourth-order valence-corrected chi connectivity index (χ4v) is 4.22. The summed E-state index contributed by atoms with van der Waals surface area (Å²) >= 11 is 6.07. The van der Waals surface area contributed by atoms with Gasteiger partial charge in [0.15, 0.2) is 0 Å². The molecule has 158 valence electrons. The average Bonchev–Trinajstić information content (AvgIpc) is 3.10. The smallest absolute Gasteiger partial charge is 0.322 e. The van der Waals surface area contributed by atoms with E-state index in [-0.39, 0.29) is 16.5 Å². The second kappa shape index (κ2) is 7.93. The Morgan fingerprint density at radius 1 is 0.903 bits per heavy atom. The Morgan fingerprint density at radius 2 is 1.58 bits per heavy atom. The lowest BCUT2D eigenvalue weighted by Gasteiger charge is -2.10. The van der Waals surface area contributed by atoms with Crippen LogP contribution in [0.15, 0.2) is 70.4 Å². The van der Waals surface area contributed by atoms with Crippen molar-refractivity contribution in [3.05, 3.63) is 87.3 Å². The molecule has 0 atom stereocenters. The number of halogens is 1. The number of nitrogens with one attached hydrogen (secondary N) is 4. The number of rotatable bonds is 5. The normalized spacial score (nSPS) is 11.4. The fourth-order valence-electron chi connectivity index (χ4n) is 2.96. The molecule has 0 aliphatic rings. The van der Waals surface area contributed by atoms with Crippen molar-refractivity contribution >= 4 is 49.9 Å². The molecule has 1 amide bonds. The zero-order chi connectivity index (χ0) is 22.2. The van der Waals surface area contributed by atoms with E-state index in [1.807, 2.05) is 6.92 Å². The van der Waals surface area contributed by atoms with E-state index in [0.717, 1.165) is 5.56 Å². The number of carbonyl (C=O) groups excluding carboxylic acids is 1. The Kier molecular flexibility index (Phi) is 5.30. The Hall–Kier alpha value is -3.56. The summed E-state index contributed by atoms with van der Waals surface area (Å²) in [6, 6.07) is 15.5. The standard InChI is InChI=1S/C21H17ClN4O4S/c1-12-2-5-15(10-17(12)22)23-20(27)13-3-6-14(7-4-13)26-31(29,30)16-8-9-18-19(11-16)25-21(28)24-18/h2-11,26H,1H3,(H,23,27)(H2,24,25,28). The van der Waals surface area contributed by atoms with Gasteiger partial charge in [-0.2, -0.15) is 0 Å². The van der Waals surface area contributed by atoms with Crippen molar-refractivity contribution in [1.29, 1.82) is 0 Å². The summed E-state index contributed by atoms with van der Waals surface area (Å²) in [5, 5.41) is 3.29. The van der Waals surface area contributed by atoms with Crippen molar-refractivity contribution in [2.45, 2.75) is 11.8 Å². The van der Waals surface area contributed by atoms with Gasteiger partial charge in [-0.25, -0.2) is 13.2 Å². The molecular weight excluding hydrogens is 440 g/mol. The number of anilines is 2. The number of carbonyl (C=O) groups is 1. The van der Waals surface area contributed by atoms with Crippen LogP contribution in [0.4, 0.5) is 11.4 Å². The maximum Gasteiger partial charge on any atom is 0.323 e. The lowest BCUT2D eigenvalue weighted by Crippen LogP contribution is -2.14. The summed E-state index contributed by atoms with van der Waals surface area (Å²) < 4.78 is 27.8. The number of hydrogen-bond donors (Lipinski definition) is 4. The molecule has 8 nitrogen and oxygen atoms in total. The second-order valence-electron chi connectivity index (χ2n) is 6.89. The van der Waals surface area contributed by atoms with Gasteiger partial charge in [0, 0.05) is 22.0 Å². The molecule has 31 heavy (non-hydrogen) atoms. The largest absolute Gasteiger partial charge is 0.323 e. The highest BCUT2D eigenvalue weighted by Crippen LogP contribution is 2.22. The third-order valence-corrected chi connectivity index (χ3v) is 6.41. The minimum Gasteiger partial charge on any atom is -0.322 e. The monoisotopic (exact) mass is 456 g/mol. The number of fused-ring (bicyclic) bond motifs is 1. The molecule has 1 aromatic heterocycles. The molecule has 0 fully saturated rings. The van der Waals surface area contributed by atoms with Gasteiger partial charge in [0.05, 0.1) is 15.9 Å². The predicted molar refractivity (Wildman–Crippen MR) is 120 cm³/mol. The van der Waals surface area contributed by atoms with Crippen LogP contribution in [0.25, 0.3) is 11.0 Å². The van der Waals surface area contributed by atoms with Gasteiger partial charge in [-0.05, 0) is 67.1 Å². The molecule has 0 saturated carbocycles. The van der Waals surface area contributed by atoms with E-state index < -0.39 is 15.7 Å². The Balaban J connectivity index is 1.49. The van der Waals surface area contributed by atoms with E-state index >= 15 is 0 Å². The molecule has 0 unspecified atom stereocenters. The maximum atomic E-state index is 12.7. The van der Waals surface area contributed by atoms with Crippen LogP contribution in [0.3, 0.4) is 0 Å². The summed E-state index contributed by atoms with van der Waals surface area (Å²) in [6.07, 6.45) is 0. The molecule has 4 rings (SSSR count). The predicted octanol–water partition coefficient (Wildman–Crippen LogP) is 3.87. The number of sulfonamides is 1. The summed E-state index contributed by atoms with van der Waals surface area (Å²) in [7, 11) is -3.89. The molecule has 0 radical (unpaired) electrons. The van der Waals surface area contributed by atoms with Crippen LogP contribution in [-0.4, -0.2) is 24.3 Å². The van der Waals surface area contributed by atoms with Crippen LogP contribution in [0.2, 0.25) is 5.02 Å². The number of aromatic nitrogens is 2. The number of H-pyrrole nitrogens is 2. The van der Waals surface area contributed by atoms with Gasteiger partial charge in [0.2, 0.25) is 0 Å². The van der Waals surface area contributed by atoms with Crippen molar-refractivity contribution in [3.63, 3.8) is 0 Å². The van der Waals surface area contributed by atoms with Gasteiger partial charge >= 0.3 is 5.69 Å². The molecule has 0 bridgehead atoms. The van der Waals surface area contributed by atoms with Crippen LogP contribution in [-0.2, 0) is 10.0 Å². The third-order valence-electron chi connectivity index (χ3n) is 4.63. The highest BCUT2D eigenvalue weighted by atomic mass is 35.5. The maximum absolute atomic E-state index is 12.7. The summed E-state index contributed by atoms with van der Waals surface area (Å²) in [5.74, 6) is -0.351. The summed E-state index contributed by atoms with van der Waals surface area (Å²) in [4.78, 5) is 28.9. The minimum absolute atomic E-state index is 0.00619. The van der Waals surface area contributed by atoms with E-state index in [0.29, 0.717) is 27.3 Å². The van der Waals surface area contributed by atoms with Crippen LogP contribution < -0.4 is 15.7 Å². The highest BCUT2D eigenvalue weighted by molar-refractivity contribution is 7.92. The van der Waals surface area contributed by atoms with Gasteiger partial charge < -0.3 is 15.3 Å². The zero-order valence-electron chi connectivity index (χ0n) is 16.2. The van der Waals surface area contributed by atoms with Gasteiger partial charge in [-0.15, -0.1) is 0 Å². The van der Waals surface area contributed by atoms with Crippen molar-refractivity contribution in [3.8, 4) is 0 Å². The molecule has 10 heteroatoms. The van der Waals surface area contributed by atoms with E-state index in [1.54, 1.807) is 18.2 Å². The van der Waals surface area contributed by atoms with E-state index in [1.165, 1.54) is 42.5 Å². The first-order valence-corrected chi connectivity index (χ1v) is 11.0. The molecule has 3 aromatic carbocycles. The molecule has 0 spiro atoms. The van der Waals surface area contributed by atoms with Crippen molar-refractivity contribution in [2.75, 3.05) is 10.0 Å². The first kappa shape index (κ1) is 20.7. The first-order chi connectivity index (χ1) is 14.7. The summed E-state index contributed by atoms with van der Waals surface area (Å²) in [6.45, 7) is 1.86.